The smallest absolute Gasteiger partial charge is 0.335 e. The van der Waals surface area contributed by atoms with Crippen molar-refractivity contribution < 1.29 is 18.3 Å². The minimum atomic E-state index is -3.47. The van der Waals surface area contributed by atoms with Crippen LogP contribution in [0.2, 0.25) is 0 Å². The summed E-state index contributed by atoms with van der Waals surface area (Å²) in [6.07, 6.45) is 0.374. The van der Waals surface area contributed by atoms with Gasteiger partial charge >= 0.3 is 5.97 Å². The summed E-state index contributed by atoms with van der Waals surface area (Å²) in [5.74, 6) is -1.18. The van der Waals surface area contributed by atoms with Gasteiger partial charge in [-0.2, -0.15) is 0 Å². The van der Waals surface area contributed by atoms with Gasteiger partial charge in [-0.1, -0.05) is 11.6 Å². The summed E-state index contributed by atoms with van der Waals surface area (Å²) in [6.45, 7) is 7.07. The number of carboxylic acid groups (broad SMARTS) is 1. The molecule has 0 radical (unpaired) electrons. The van der Waals surface area contributed by atoms with Crippen LogP contribution in [-0.4, -0.2) is 25.2 Å². The van der Waals surface area contributed by atoms with E-state index in [1.165, 1.54) is 18.2 Å². The Kier molecular flexibility index (Phi) is 4.29. The van der Waals surface area contributed by atoms with E-state index in [9.17, 15) is 13.2 Å². The van der Waals surface area contributed by atoms with Gasteiger partial charge in [0.15, 0.2) is 9.84 Å². The summed E-state index contributed by atoms with van der Waals surface area (Å²) < 4.78 is 24.2. The quantitative estimate of drug-likeness (QED) is 0.832. The molecule has 98 valence electrons. The molecule has 0 saturated carbocycles. The van der Waals surface area contributed by atoms with E-state index in [0.717, 1.165) is 5.57 Å². The van der Waals surface area contributed by atoms with Crippen molar-refractivity contribution in [1.29, 1.82) is 0 Å². The van der Waals surface area contributed by atoms with Crippen LogP contribution in [0.15, 0.2) is 35.2 Å². The first-order valence-electron chi connectivity index (χ1n) is 5.45. The van der Waals surface area contributed by atoms with Gasteiger partial charge in [0.2, 0.25) is 0 Å². The normalized spacial score (nSPS) is 11.2. The number of carboxylic acids is 1. The van der Waals surface area contributed by atoms with E-state index >= 15 is 0 Å². The molecule has 0 bridgehead atoms. The van der Waals surface area contributed by atoms with Gasteiger partial charge in [0.25, 0.3) is 0 Å². The van der Waals surface area contributed by atoms with E-state index in [2.05, 4.69) is 6.58 Å². The number of aromatic carboxylic acids is 1. The molecule has 0 aliphatic carbocycles. The lowest BCUT2D eigenvalue weighted by Crippen LogP contribution is -2.10. The van der Waals surface area contributed by atoms with E-state index in [4.69, 9.17) is 5.11 Å². The third kappa shape index (κ3) is 3.43. The lowest BCUT2D eigenvalue weighted by molar-refractivity contribution is 0.0696. The first kappa shape index (κ1) is 14.4. The maximum Gasteiger partial charge on any atom is 0.335 e. The summed E-state index contributed by atoms with van der Waals surface area (Å²) in [7, 11) is -3.47. The van der Waals surface area contributed by atoms with Gasteiger partial charge in [-0.3, -0.25) is 0 Å². The zero-order valence-electron chi connectivity index (χ0n) is 10.4. The lowest BCUT2D eigenvalue weighted by Gasteiger charge is -2.08. The SMILES string of the molecule is C=C(C)CCS(=O)(=O)c1cc(C(=O)O)ccc1C. The van der Waals surface area contributed by atoms with Gasteiger partial charge in [0.05, 0.1) is 16.2 Å². The highest BCUT2D eigenvalue weighted by atomic mass is 32.2. The van der Waals surface area contributed by atoms with Crippen molar-refractivity contribution in [3.8, 4) is 0 Å². The predicted octanol–water partition coefficient (Wildman–Crippen LogP) is 2.43. The van der Waals surface area contributed by atoms with Crippen molar-refractivity contribution >= 4 is 15.8 Å². The minimum absolute atomic E-state index is 0.0190. The van der Waals surface area contributed by atoms with Crippen LogP contribution < -0.4 is 0 Å². The Morgan fingerprint density at radius 1 is 1.39 bits per heavy atom. The molecule has 0 amide bonds. The van der Waals surface area contributed by atoms with Gasteiger partial charge in [0.1, 0.15) is 0 Å². The second kappa shape index (κ2) is 5.35. The van der Waals surface area contributed by atoms with E-state index in [1.54, 1.807) is 13.8 Å². The molecule has 0 atom stereocenters. The molecule has 18 heavy (non-hydrogen) atoms. The third-order valence-corrected chi connectivity index (χ3v) is 4.42. The lowest BCUT2D eigenvalue weighted by atomic mass is 10.1. The largest absolute Gasteiger partial charge is 0.478 e. The van der Waals surface area contributed by atoms with Gasteiger partial charge in [-0.25, -0.2) is 13.2 Å². The average molecular weight is 268 g/mol. The summed E-state index contributed by atoms with van der Waals surface area (Å²) in [5, 5.41) is 8.88. The molecule has 4 nitrogen and oxygen atoms in total. The molecule has 0 aliphatic rings. The Hall–Kier alpha value is -1.62. The number of carbonyl (C=O) groups is 1. The summed E-state index contributed by atoms with van der Waals surface area (Å²) in [6, 6.07) is 4.12. The van der Waals surface area contributed by atoms with Crippen LogP contribution in [0.5, 0.6) is 0 Å². The average Bonchev–Trinajstić information content (AvgIpc) is 2.26. The van der Waals surface area contributed by atoms with E-state index < -0.39 is 15.8 Å². The highest BCUT2D eigenvalue weighted by Gasteiger charge is 2.18. The molecule has 1 N–H and O–H groups in total. The Bertz CT molecular complexity index is 585. The maximum atomic E-state index is 12.1. The molecule has 0 fully saturated rings. The van der Waals surface area contributed by atoms with Crippen LogP contribution >= 0.6 is 0 Å². The van der Waals surface area contributed by atoms with Gasteiger partial charge in [0, 0.05) is 0 Å². The molecule has 0 saturated heterocycles. The van der Waals surface area contributed by atoms with Crippen LogP contribution in [0, 0.1) is 6.92 Å². The van der Waals surface area contributed by atoms with E-state index in [-0.39, 0.29) is 16.2 Å². The van der Waals surface area contributed by atoms with Crippen LogP contribution in [0.3, 0.4) is 0 Å². The zero-order chi connectivity index (χ0) is 13.9. The van der Waals surface area contributed by atoms with Crippen molar-refractivity contribution in [3.63, 3.8) is 0 Å². The Labute approximate surface area is 107 Å². The molecule has 1 aromatic carbocycles. The number of aryl methyl sites for hydroxylation is 1. The summed E-state index contributed by atoms with van der Waals surface area (Å²) in [5.41, 5.74) is 1.32. The second-order valence-electron chi connectivity index (χ2n) is 4.31. The molecule has 0 aromatic heterocycles. The fourth-order valence-corrected chi connectivity index (χ4v) is 3.19. The molecule has 0 heterocycles. The molecule has 0 spiro atoms. The highest BCUT2D eigenvalue weighted by Crippen LogP contribution is 2.20. The Morgan fingerprint density at radius 3 is 2.50 bits per heavy atom. The zero-order valence-corrected chi connectivity index (χ0v) is 11.3. The number of allylic oxidation sites excluding steroid dienone is 1. The first-order chi connectivity index (χ1) is 8.24. The van der Waals surface area contributed by atoms with Crippen LogP contribution in [0.4, 0.5) is 0 Å². The molecule has 0 unspecified atom stereocenters. The monoisotopic (exact) mass is 268 g/mol. The van der Waals surface area contributed by atoms with Crippen molar-refractivity contribution in [3.05, 3.63) is 41.5 Å². The van der Waals surface area contributed by atoms with Gasteiger partial charge in [-0.15, -0.1) is 6.58 Å². The predicted molar refractivity (Wildman–Crippen MR) is 69.6 cm³/mol. The fourth-order valence-electron chi connectivity index (χ4n) is 1.49. The fraction of sp³-hybridized carbons (Fsp3) is 0.308. The third-order valence-electron chi connectivity index (χ3n) is 2.57. The summed E-state index contributed by atoms with van der Waals surface area (Å²) in [4.78, 5) is 10.9. The Balaban J connectivity index is 3.18. The second-order valence-corrected chi connectivity index (χ2v) is 6.39. The number of hydrogen-bond acceptors (Lipinski definition) is 3. The van der Waals surface area contributed by atoms with Crippen molar-refractivity contribution in [1.82, 2.24) is 0 Å². The van der Waals surface area contributed by atoms with Crippen LogP contribution in [-0.2, 0) is 9.84 Å². The molecular formula is C13H16O4S. The Morgan fingerprint density at radius 2 is 2.00 bits per heavy atom. The highest BCUT2D eigenvalue weighted by molar-refractivity contribution is 7.91. The number of benzene rings is 1. The van der Waals surface area contributed by atoms with Crippen molar-refractivity contribution in [2.45, 2.75) is 25.2 Å². The molecule has 5 heteroatoms. The van der Waals surface area contributed by atoms with Crippen molar-refractivity contribution in [2.24, 2.45) is 0 Å². The number of sulfone groups is 1. The molecular weight excluding hydrogens is 252 g/mol. The van der Waals surface area contributed by atoms with Crippen LogP contribution in [0.25, 0.3) is 0 Å². The number of hydrogen-bond donors (Lipinski definition) is 1. The van der Waals surface area contributed by atoms with Gasteiger partial charge < -0.3 is 5.11 Å². The van der Waals surface area contributed by atoms with E-state index in [1.807, 2.05) is 0 Å². The standard InChI is InChI=1S/C13H16O4S/c1-9(2)6-7-18(16,17)12-8-11(13(14)15)5-4-10(12)3/h4-5,8H,1,6-7H2,2-3H3,(H,14,15). The summed E-state index contributed by atoms with van der Waals surface area (Å²) >= 11 is 0. The topological polar surface area (TPSA) is 71.4 Å². The van der Waals surface area contributed by atoms with Crippen molar-refractivity contribution in [2.75, 3.05) is 5.75 Å². The number of rotatable bonds is 5. The molecule has 0 aliphatic heterocycles. The first-order valence-corrected chi connectivity index (χ1v) is 7.10. The van der Waals surface area contributed by atoms with E-state index in [0.29, 0.717) is 12.0 Å². The maximum absolute atomic E-state index is 12.1. The molecule has 1 aromatic rings. The van der Waals surface area contributed by atoms with Crippen LogP contribution in [0.1, 0.15) is 29.3 Å². The van der Waals surface area contributed by atoms with Gasteiger partial charge in [-0.05, 0) is 38.0 Å². The molecule has 1 rings (SSSR count). The minimum Gasteiger partial charge on any atom is -0.478 e.